The minimum Gasteiger partial charge on any atom is -0.455 e. The molecule has 2 aliphatic heterocycles. The zero-order valence-electron chi connectivity index (χ0n) is 71.0. The predicted molar refractivity (Wildman–Crippen MR) is 531 cm³/mol. The van der Waals surface area contributed by atoms with E-state index in [1.807, 2.05) is 0 Å². The van der Waals surface area contributed by atoms with Crippen LogP contribution in [0.15, 0.2) is 349 Å². The van der Waals surface area contributed by atoms with E-state index in [9.17, 15) is 0 Å². The Hall–Kier alpha value is -14.9. The average Bonchev–Trinajstić information content (AvgIpc) is 0.913. The first-order valence-electron chi connectivity index (χ1n) is 44.1. The fourth-order valence-electron chi connectivity index (χ4n) is 22.7. The molecule has 0 amide bonds. The number of hydrogen-bond acceptors (Lipinski definition) is 4. The van der Waals surface area contributed by atoms with Crippen LogP contribution in [-0.4, -0.2) is 15.8 Å². The molecule has 25 aromatic rings. The number of fused-ring (bicyclic) bond motifs is 12. The number of anilines is 6. The van der Waals surface area contributed by atoms with E-state index < -0.39 is 5.41 Å². The van der Waals surface area contributed by atoms with Crippen molar-refractivity contribution in [2.24, 2.45) is 0 Å². The number of benzene rings is 21. The van der Waals surface area contributed by atoms with E-state index in [1.54, 1.807) is 0 Å². The Morgan fingerprint density at radius 1 is 0.240 bits per heavy atom. The third-order valence-electron chi connectivity index (χ3n) is 28.5. The summed E-state index contributed by atoms with van der Waals surface area (Å²) in [7, 11) is 0. The molecule has 590 valence electrons. The van der Waals surface area contributed by atoms with Gasteiger partial charge in [0.05, 0.1) is 33.4 Å². The molecule has 0 saturated carbocycles. The van der Waals surface area contributed by atoms with Crippen molar-refractivity contribution in [3.8, 4) is 55.9 Å². The van der Waals surface area contributed by atoms with E-state index in [2.05, 4.69) is 421 Å². The summed E-state index contributed by atoms with van der Waals surface area (Å²) in [5, 5.41) is 24.8. The quantitative estimate of drug-likeness (QED) is 0.0864. The smallest absolute Gasteiger partial charge is 0.252 e. The number of para-hydroxylation sites is 4. The highest BCUT2D eigenvalue weighted by Crippen LogP contribution is 2.59. The lowest BCUT2D eigenvalue weighted by molar-refractivity contribution is 0.590. The Balaban J connectivity index is 0.839. The summed E-state index contributed by atoms with van der Waals surface area (Å²) in [6.07, 6.45) is 0. The summed E-state index contributed by atoms with van der Waals surface area (Å²) in [6, 6.07) is 130. The van der Waals surface area contributed by atoms with E-state index in [-0.39, 0.29) is 17.5 Å². The van der Waals surface area contributed by atoms with Crippen LogP contribution in [-0.2, 0) is 16.2 Å². The molecule has 21 aromatic carbocycles. The second kappa shape index (κ2) is 24.9. The number of nitrogens with zero attached hydrogens (tertiary/aromatic N) is 4. The summed E-state index contributed by atoms with van der Waals surface area (Å²) in [6.45, 7) is 21.1. The van der Waals surface area contributed by atoms with Crippen LogP contribution in [0.1, 0.15) is 79.0 Å². The Morgan fingerprint density at radius 2 is 0.560 bits per heavy atom. The second-order valence-corrected chi connectivity index (χ2v) is 38.5. The molecule has 0 N–H and O–H groups in total. The summed E-state index contributed by atoms with van der Waals surface area (Å²) >= 11 is 0. The van der Waals surface area contributed by atoms with Gasteiger partial charge in [0.15, 0.2) is 0 Å². The normalized spacial score (nSPS) is 13.4. The largest absolute Gasteiger partial charge is 0.455 e. The van der Waals surface area contributed by atoms with Crippen LogP contribution in [0.4, 0.5) is 34.1 Å². The van der Waals surface area contributed by atoms with Gasteiger partial charge in [0, 0.05) is 111 Å². The summed E-state index contributed by atoms with van der Waals surface area (Å²) in [5.74, 6) is 0. The molecule has 6 nitrogen and oxygen atoms in total. The maximum Gasteiger partial charge on any atom is 0.252 e. The molecule has 0 aliphatic carbocycles. The molecule has 6 heterocycles. The molecular formula is C118H83BN4O2. The van der Waals surface area contributed by atoms with Gasteiger partial charge in [-0.05, 0) is 222 Å². The zero-order valence-corrected chi connectivity index (χ0v) is 71.0. The van der Waals surface area contributed by atoms with Crippen LogP contribution in [0.5, 0.6) is 0 Å². The molecule has 27 rings (SSSR count). The van der Waals surface area contributed by atoms with Crippen LogP contribution >= 0.6 is 0 Å². The zero-order chi connectivity index (χ0) is 83.3. The van der Waals surface area contributed by atoms with E-state index in [0.717, 1.165) is 134 Å². The molecule has 0 bridgehead atoms. The molecule has 2 aliphatic rings. The monoisotopic (exact) mass is 1600 g/mol. The van der Waals surface area contributed by atoms with Gasteiger partial charge in [0.2, 0.25) is 0 Å². The van der Waals surface area contributed by atoms with Gasteiger partial charge in [-0.25, -0.2) is 0 Å². The fourth-order valence-corrected chi connectivity index (χ4v) is 22.7. The van der Waals surface area contributed by atoms with E-state index >= 15 is 0 Å². The Morgan fingerprint density at radius 3 is 0.936 bits per heavy atom. The van der Waals surface area contributed by atoms with Crippen molar-refractivity contribution in [2.75, 3.05) is 9.80 Å². The van der Waals surface area contributed by atoms with E-state index in [0.29, 0.717) is 0 Å². The highest BCUT2D eigenvalue weighted by Gasteiger charge is 2.47. The highest BCUT2D eigenvalue weighted by atomic mass is 16.3. The second-order valence-electron chi connectivity index (χ2n) is 38.5. The van der Waals surface area contributed by atoms with E-state index in [4.69, 9.17) is 8.83 Å². The third-order valence-corrected chi connectivity index (χ3v) is 28.5. The number of aromatic nitrogens is 2. The molecule has 125 heavy (non-hydrogen) atoms. The molecule has 0 saturated heterocycles. The van der Waals surface area contributed by atoms with Gasteiger partial charge in [-0.3, -0.25) is 0 Å². The van der Waals surface area contributed by atoms with Gasteiger partial charge in [0.1, 0.15) is 22.3 Å². The van der Waals surface area contributed by atoms with Crippen molar-refractivity contribution >= 4 is 209 Å². The van der Waals surface area contributed by atoms with Crippen LogP contribution in [0.2, 0.25) is 0 Å². The lowest BCUT2D eigenvalue weighted by atomic mass is 9.33. The van der Waals surface area contributed by atoms with Crippen molar-refractivity contribution in [3.63, 3.8) is 0 Å². The average molecular weight is 1600 g/mol. The number of hydrogen-bond donors (Lipinski definition) is 0. The standard InChI is InChI=1S/C118H83BN4O2/c1-116(2,3)72-58-87(66-26-12-10-13-27-66)112(88(59-72)67-28-14-11-15-29-67)122-97-64-75(120-93-54-46-68-30-20-36-79-80-37-21-31-69-47-55-94(120)108(104(69)80)107(93)103(68)79)50-52-91(97)119-92-53-51-76(121-95-56-48-70-32-22-38-81-82-39-23-33-71-49-57-96(121)110(106(71)82)109(95)105(70)81)65-98(92)123(100-63-74(118(7,8)9)62-99(122)111(100)119)113-89(85-42-24-40-83-77-34-16-18-44-101(77)124-114(83)85)60-73(117(4,5)6)61-90(113)86-43-25-41-84-78-35-17-19-45-102(78)125-115(84)86/h10-65H,1-9H3. The fraction of sp³-hybridized carbons (Fsp3) is 0.102. The van der Waals surface area contributed by atoms with Gasteiger partial charge >= 0.3 is 0 Å². The number of rotatable bonds is 8. The Bertz CT molecular complexity index is 8540. The topological polar surface area (TPSA) is 42.6 Å². The van der Waals surface area contributed by atoms with Crippen LogP contribution in [0.25, 0.3) is 208 Å². The summed E-state index contributed by atoms with van der Waals surface area (Å²) < 4.78 is 20.1. The van der Waals surface area contributed by atoms with Gasteiger partial charge in [0.25, 0.3) is 6.71 Å². The minimum absolute atomic E-state index is 0.243. The predicted octanol–water partition coefficient (Wildman–Crippen LogP) is 31.0. The molecule has 7 heteroatoms. The minimum atomic E-state index is -0.429. The molecule has 0 fully saturated rings. The molecule has 0 spiro atoms. The maximum absolute atomic E-state index is 7.44. The van der Waals surface area contributed by atoms with Gasteiger partial charge in [-0.2, -0.15) is 0 Å². The Kier molecular flexibility index (Phi) is 14.1. The maximum atomic E-state index is 7.44. The highest BCUT2D eigenvalue weighted by molar-refractivity contribution is 7.00. The summed E-state index contributed by atoms with van der Waals surface area (Å²) in [5.41, 5.74) is 31.6. The van der Waals surface area contributed by atoms with Crippen molar-refractivity contribution < 1.29 is 8.83 Å². The lowest BCUT2D eigenvalue weighted by Gasteiger charge is -2.47. The third kappa shape index (κ3) is 9.70. The van der Waals surface area contributed by atoms with Gasteiger partial charge < -0.3 is 27.8 Å². The summed E-state index contributed by atoms with van der Waals surface area (Å²) in [4.78, 5) is 5.51. The van der Waals surface area contributed by atoms with Crippen LogP contribution in [0.3, 0.4) is 0 Å². The van der Waals surface area contributed by atoms with Crippen molar-refractivity contribution in [3.05, 3.63) is 356 Å². The van der Waals surface area contributed by atoms with Crippen molar-refractivity contribution in [2.45, 2.75) is 78.6 Å². The van der Waals surface area contributed by atoms with Crippen molar-refractivity contribution in [1.82, 2.24) is 9.13 Å². The first-order chi connectivity index (χ1) is 60.9. The van der Waals surface area contributed by atoms with Gasteiger partial charge in [-0.1, -0.05) is 305 Å². The van der Waals surface area contributed by atoms with Crippen LogP contribution in [0, 0.1) is 0 Å². The SMILES string of the molecule is CC(C)(C)c1cc(-c2ccccc2)c(N2c3cc(-n4c5ccc6cccc7c8cccc9ccc4c(c98)c5c67)ccc3B3c4ccc(-n5c6ccc7cccc8c9cccc%10ccc5c(c%109)c6c78)cc4N(c4c(-c5cccc6c5oc5ccccc56)cc(C(C)(C)C)cc4-c4cccc5c4oc4ccccc45)c4cc(C(C)(C)C)cc2c43)c(-c2ccccc2)c1. The first-order valence-corrected chi connectivity index (χ1v) is 44.1. The lowest BCUT2D eigenvalue weighted by Crippen LogP contribution is -2.61. The first kappa shape index (κ1) is 70.7. The van der Waals surface area contributed by atoms with Gasteiger partial charge in [-0.15, -0.1) is 0 Å². The molecule has 0 unspecified atom stereocenters. The van der Waals surface area contributed by atoms with E-state index in [1.165, 1.54) is 141 Å². The number of furan rings is 2. The van der Waals surface area contributed by atoms with Crippen molar-refractivity contribution in [1.29, 1.82) is 0 Å². The molecule has 4 aromatic heterocycles. The molecular weight excluding hydrogens is 1520 g/mol. The Labute approximate surface area is 723 Å². The molecule has 0 radical (unpaired) electrons. The molecule has 0 atom stereocenters. The van der Waals surface area contributed by atoms with Crippen LogP contribution < -0.4 is 26.2 Å².